The molecule has 1 aromatic heterocycles. The Morgan fingerprint density at radius 1 is 1.38 bits per heavy atom. The summed E-state index contributed by atoms with van der Waals surface area (Å²) in [5.74, 6) is 0.909. The summed E-state index contributed by atoms with van der Waals surface area (Å²) in [6.07, 6.45) is 0. The maximum atomic E-state index is 5.66. The molecule has 1 aliphatic heterocycles. The standard InChI is InChI=1S/C8H11ClN2O.ClH/c9-8-2-1-7(12-8)6-5-10-3-4-11-6;/h1-2,6,10-11H,3-5H2;1H/t6-;/m0./s1. The van der Waals surface area contributed by atoms with Gasteiger partial charge in [-0.25, -0.2) is 0 Å². The molecule has 5 heteroatoms. The first-order valence-corrected chi connectivity index (χ1v) is 4.43. The average Bonchev–Trinajstić information content (AvgIpc) is 2.54. The van der Waals surface area contributed by atoms with Crippen LogP contribution in [0.15, 0.2) is 16.5 Å². The van der Waals surface area contributed by atoms with Crippen molar-refractivity contribution in [2.24, 2.45) is 0 Å². The summed E-state index contributed by atoms with van der Waals surface area (Å²) >= 11 is 5.66. The van der Waals surface area contributed by atoms with Crippen molar-refractivity contribution in [1.82, 2.24) is 10.6 Å². The maximum Gasteiger partial charge on any atom is 0.193 e. The zero-order valence-corrected chi connectivity index (χ0v) is 8.62. The Morgan fingerprint density at radius 3 is 2.77 bits per heavy atom. The number of rotatable bonds is 1. The fourth-order valence-corrected chi connectivity index (χ4v) is 1.52. The lowest BCUT2D eigenvalue weighted by molar-refractivity contribution is 0.364. The van der Waals surface area contributed by atoms with Gasteiger partial charge >= 0.3 is 0 Å². The van der Waals surface area contributed by atoms with Gasteiger partial charge in [-0.2, -0.15) is 0 Å². The van der Waals surface area contributed by atoms with Crippen molar-refractivity contribution in [2.45, 2.75) is 6.04 Å². The molecule has 0 saturated carbocycles. The number of piperazine rings is 1. The van der Waals surface area contributed by atoms with Gasteiger partial charge in [0.1, 0.15) is 5.76 Å². The van der Waals surface area contributed by atoms with Crippen molar-refractivity contribution in [3.05, 3.63) is 23.1 Å². The van der Waals surface area contributed by atoms with Crippen LogP contribution in [-0.2, 0) is 0 Å². The highest BCUT2D eigenvalue weighted by Gasteiger charge is 2.16. The molecule has 1 fully saturated rings. The van der Waals surface area contributed by atoms with Gasteiger partial charge in [0.2, 0.25) is 0 Å². The number of halogens is 2. The SMILES string of the molecule is Cl.Clc1ccc([C@@H]2CNCCN2)o1. The third-order valence-electron chi connectivity index (χ3n) is 1.98. The maximum absolute atomic E-state index is 5.66. The number of hydrogen-bond donors (Lipinski definition) is 2. The van der Waals surface area contributed by atoms with Gasteiger partial charge < -0.3 is 15.1 Å². The van der Waals surface area contributed by atoms with E-state index in [9.17, 15) is 0 Å². The van der Waals surface area contributed by atoms with Gasteiger partial charge in [0.15, 0.2) is 5.22 Å². The molecule has 0 bridgehead atoms. The molecule has 0 spiro atoms. The van der Waals surface area contributed by atoms with Crippen LogP contribution in [0.4, 0.5) is 0 Å². The van der Waals surface area contributed by atoms with Crippen LogP contribution in [0, 0.1) is 0 Å². The van der Waals surface area contributed by atoms with Crippen molar-refractivity contribution in [2.75, 3.05) is 19.6 Å². The van der Waals surface area contributed by atoms with Crippen LogP contribution in [0.25, 0.3) is 0 Å². The van der Waals surface area contributed by atoms with Crippen LogP contribution in [0.5, 0.6) is 0 Å². The molecule has 0 radical (unpaired) electrons. The van der Waals surface area contributed by atoms with Crippen molar-refractivity contribution in [3.63, 3.8) is 0 Å². The molecule has 1 saturated heterocycles. The third-order valence-corrected chi connectivity index (χ3v) is 2.18. The first kappa shape index (κ1) is 10.9. The van der Waals surface area contributed by atoms with Gasteiger partial charge in [0.25, 0.3) is 0 Å². The van der Waals surface area contributed by atoms with E-state index in [1.807, 2.05) is 6.07 Å². The number of furan rings is 1. The van der Waals surface area contributed by atoms with Crippen LogP contribution in [0.3, 0.4) is 0 Å². The highest BCUT2D eigenvalue weighted by molar-refractivity contribution is 6.28. The molecular formula is C8H12Cl2N2O. The van der Waals surface area contributed by atoms with Crippen molar-refractivity contribution >= 4 is 24.0 Å². The summed E-state index contributed by atoms with van der Waals surface area (Å²) in [7, 11) is 0. The average molecular weight is 223 g/mol. The van der Waals surface area contributed by atoms with E-state index in [1.165, 1.54) is 0 Å². The Kier molecular flexibility index (Phi) is 4.06. The number of hydrogen-bond acceptors (Lipinski definition) is 3. The van der Waals surface area contributed by atoms with E-state index in [4.69, 9.17) is 16.0 Å². The van der Waals surface area contributed by atoms with E-state index in [0.717, 1.165) is 25.4 Å². The molecule has 0 amide bonds. The van der Waals surface area contributed by atoms with E-state index in [0.29, 0.717) is 5.22 Å². The molecule has 2 rings (SSSR count). The summed E-state index contributed by atoms with van der Waals surface area (Å²) < 4.78 is 5.29. The predicted octanol–water partition coefficient (Wildman–Crippen LogP) is 1.59. The topological polar surface area (TPSA) is 37.2 Å². The molecule has 1 aromatic rings. The first-order chi connectivity index (χ1) is 5.86. The van der Waals surface area contributed by atoms with Gasteiger partial charge in [-0.3, -0.25) is 0 Å². The Bertz CT molecular complexity index is 258. The minimum absolute atomic E-state index is 0. The zero-order chi connectivity index (χ0) is 8.39. The molecule has 13 heavy (non-hydrogen) atoms. The summed E-state index contributed by atoms with van der Waals surface area (Å²) in [5, 5.41) is 7.07. The summed E-state index contributed by atoms with van der Waals surface area (Å²) in [6.45, 7) is 2.90. The van der Waals surface area contributed by atoms with Crippen LogP contribution in [0.2, 0.25) is 5.22 Å². The van der Waals surface area contributed by atoms with Crippen LogP contribution in [-0.4, -0.2) is 19.6 Å². The second-order valence-corrected chi connectivity index (χ2v) is 3.23. The van der Waals surface area contributed by atoms with E-state index < -0.39 is 0 Å². The normalized spacial score (nSPS) is 22.4. The Balaban J connectivity index is 0.000000845. The molecule has 1 atom stereocenters. The van der Waals surface area contributed by atoms with E-state index in [-0.39, 0.29) is 18.4 Å². The smallest absolute Gasteiger partial charge is 0.193 e. The Labute approximate surface area is 88.2 Å². The molecule has 3 nitrogen and oxygen atoms in total. The summed E-state index contributed by atoms with van der Waals surface area (Å²) in [6, 6.07) is 3.95. The molecule has 1 aliphatic rings. The molecule has 0 aromatic carbocycles. The second-order valence-electron chi connectivity index (χ2n) is 2.85. The second kappa shape index (κ2) is 4.86. The monoisotopic (exact) mass is 222 g/mol. The van der Waals surface area contributed by atoms with Crippen LogP contribution >= 0.6 is 24.0 Å². The molecule has 0 unspecified atom stereocenters. The number of nitrogens with one attached hydrogen (secondary N) is 2. The van der Waals surface area contributed by atoms with E-state index >= 15 is 0 Å². The van der Waals surface area contributed by atoms with E-state index in [1.54, 1.807) is 6.07 Å². The van der Waals surface area contributed by atoms with E-state index in [2.05, 4.69) is 10.6 Å². The highest BCUT2D eigenvalue weighted by atomic mass is 35.5. The van der Waals surface area contributed by atoms with Gasteiger partial charge in [0.05, 0.1) is 6.04 Å². The van der Waals surface area contributed by atoms with Crippen LogP contribution in [0.1, 0.15) is 11.8 Å². The Hall–Kier alpha value is -0.220. The predicted molar refractivity (Wildman–Crippen MR) is 54.6 cm³/mol. The summed E-state index contributed by atoms with van der Waals surface area (Å²) in [4.78, 5) is 0. The zero-order valence-electron chi connectivity index (χ0n) is 7.05. The largest absolute Gasteiger partial charge is 0.448 e. The lowest BCUT2D eigenvalue weighted by atomic mass is 10.2. The summed E-state index contributed by atoms with van der Waals surface area (Å²) in [5.41, 5.74) is 0. The van der Waals surface area contributed by atoms with Crippen molar-refractivity contribution in [1.29, 1.82) is 0 Å². The quantitative estimate of drug-likeness (QED) is 0.759. The fraction of sp³-hybridized carbons (Fsp3) is 0.500. The van der Waals surface area contributed by atoms with Crippen molar-refractivity contribution < 1.29 is 4.42 Å². The van der Waals surface area contributed by atoms with Crippen molar-refractivity contribution in [3.8, 4) is 0 Å². The first-order valence-electron chi connectivity index (χ1n) is 4.05. The molecule has 0 aliphatic carbocycles. The molecule has 74 valence electrons. The van der Waals surface area contributed by atoms with Gasteiger partial charge in [-0.05, 0) is 23.7 Å². The minimum Gasteiger partial charge on any atom is -0.448 e. The highest BCUT2D eigenvalue weighted by Crippen LogP contribution is 2.19. The molecular weight excluding hydrogens is 211 g/mol. The lowest BCUT2D eigenvalue weighted by Gasteiger charge is -2.22. The third kappa shape index (κ3) is 2.61. The fourth-order valence-electron chi connectivity index (χ4n) is 1.37. The molecule has 2 heterocycles. The minimum atomic E-state index is 0. The van der Waals surface area contributed by atoms with Gasteiger partial charge in [0, 0.05) is 19.6 Å². The van der Waals surface area contributed by atoms with Gasteiger partial charge in [-0.15, -0.1) is 12.4 Å². The Morgan fingerprint density at radius 2 is 2.23 bits per heavy atom. The van der Waals surface area contributed by atoms with Gasteiger partial charge in [-0.1, -0.05) is 0 Å². The molecule has 2 N–H and O–H groups in total. The lowest BCUT2D eigenvalue weighted by Crippen LogP contribution is -2.42. The van der Waals surface area contributed by atoms with Crippen LogP contribution < -0.4 is 10.6 Å².